The summed E-state index contributed by atoms with van der Waals surface area (Å²) in [6.07, 6.45) is 1.60. The van der Waals surface area contributed by atoms with Gasteiger partial charge in [-0.3, -0.25) is 4.98 Å². The van der Waals surface area contributed by atoms with Gasteiger partial charge in [0.25, 0.3) is 0 Å². The van der Waals surface area contributed by atoms with E-state index in [1.54, 1.807) is 6.20 Å². The van der Waals surface area contributed by atoms with Crippen LogP contribution in [0.1, 0.15) is 17.0 Å². The molecule has 0 aliphatic carbocycles. The van der Waals surface area contributed by atoms with E-state index in [2.05, 4.69) is 9.97 Å². The first-order valence-corrected chi connectivity index (χ1v) is 5.40. The van der Waals surface area contributed by atoms with Gasteiger partial charge in [0.05, 0.1) is 23.3 Å². The lowest BCUT2D eigenvalue weighted by atomic mass is 10.2. The van der Waals surface area contributed by atoms with E-state index in [1.165, 1.54) is 0 Å². The Hall–Kier alpha value is -2.10. The Balaban J connectivity index is 2.28. The molecule has 0 unspecified atom stereocenters. The lowest BCUT2D eigenvalue weighted by Crippen LogP contribution is -1.97. The maximum absolute atomic E-state index is 5.86. The summed E-state index contributed by atoms with van der Waals surface area (Å²) < 4.78 is 5.60. The molecule has 2 aromatic rings. The van der Waals surface area contributed by atoms with Gasteiger partial charge in [-0.1, -0.05) is 6.07 Å². The number of anilines is 1. The van der Waals surface area contributed by atoms with Crippen molar-refractivity contribution in [3.05, 3.63) is 41.3 Å². The van der Waals surface area contributed by atoms with Gasteiger partial charge in [-0.15, -0.1) is 0 Å². The van der Waals surface area contributed by atoms with E-state index in [4.69, 9.17) is 10.5 Å². The van der Waals surface area contributed by atoms with E-state index in [0.717, 1.165) is 17.0 Å². The van der Waals surface area contributed by atoms with Gasteiger partial charge in [0, 0.05) is 0 Å². The molecule has 0 atom stereocenters. The number of nitrogens with zero attached hydrogens (tertiary/aromatic N) is 2. The van der Waals surface area contributed by atoms with Gasteiger partial charge in [-0.25, -0.2) is 4.98 Å². The molecule has 0 fully saturated rings. The molecular formula is C13H15N3O. The largest absolute Gasteiger partial charge is 0.435 e. The van der Waals surface area contributed by atoms with Gasteiger partial charge in [-0.05, 0) is 38.5 Å². The zero-order chi connectivity index (χ0) is 12.4. The Morgan fingerprint density at radius 3 is 2.53 bits per heavy atom. The van der Waals surface area contributed by atoms with E-state index in [-0.39, 0.29) is 0 Å². The molecule has 0 saturated heterocycles. The first kappa shape index (κ1) is 11.4. The van der Waals surface area contributed by atoms with Gasteiger partial charge in [-0.2, -0.15) is 0 Å². The minimum atomic E-state index is 0.462. The van der Waals surface area contributed by atoms with Crippen molar-refractivity contribution in [3.8, 4) is 11.6 Å². The molecule has 0 spiro atoms. The first-order valence-electron chi connectivity index (χ1n) is 5.40. The van der Waals surface area contributed by atoms with Crippen molar-refractivity contribution in [2.45, 2.75) is 20.8 Å². The molecule has 0 aliphatic rings. The van der Waals surface area contributed by atoms with Crippen LogP contribution in [0.2, 0.25) is 0 Å². The third-order valence-electron chi connectivity index (χ3n) is 2.55. The molecule has 0 saturated carbocycles. The van der Waals surface area contributed by atoms with Gasteiger partial charge in [0.1, 0.15) is 0 Å². The van der Waals surface area contributed by atoms with Gasteiger partial charge >= 0.3 is 0 Å². The second-order valence-corrected chi connectivity index (χ2v) is 4.02. The van der Waals surface area contributed by atoms with Crippen LogP contribution in [-0.2, 0) is 0 Å². The number of nitrogens with two attached hydrogens (primary N) is 1. The lowest BCUT2D eigenvalue weighted by molar-refractivity contribution is 0.460. The van der Waals surface area contributed by atoms with Crippen LogP contribution < -0.4 is 10.5 Å². The van der Waals surface area contributed by atoms with E-state index < -0.39 is 0 Å². The highest BCUT2D eigenvalue weighted by Crippen LogP contribution is 2.26. The Morgan fingerprint density at radius 1 is 1.12 bits per heavy atom. The SMILES string of the molecule is Cc1ccc(Oc2cnc(C)c(C)n2)c(N)c1. The van der Waals surface area contributed by atoms with Crippen molar-refractivity contribution < 1.29 is 4.74 Å². The van der Waals surface area contributed by atoms with Crippen molar-refractivity contribution in [2.24, 2.45) is 0 Å². The quantitative estimate of drug-likeness (QED) is 0.804. The fourth-order valence-electron chi connectivity index (χ4n) is 1.44. The summed E-state index contributed by atoms with van der Waals surface area (Å²) in [4.78, 5) is 8.48. The topological polar surface area (TPSA) is 61.0 Å². The first-order chi connectivity index (χ1) is 8.06. The molecule has 17 heavy (non-hydrogen) atoms. The molecule has 0 bridgehead atoms. The molecule has 1 heterocycles. The molecule has 0 radical (unpaired) electrons. The summed E-state index contributed by atoms with van der Waals surface area (Å²) in [5.41, 5.74) is 9.32. The van der Waals surface area contributed by atoms with E-state index >= 15 is 0 Å². The second kappa shape index (κ2) is 4.41. The highest BCUT2D eigenvalue weighted by Gasteiger charge is 2.05. The number of nitrogen functional groups attached to an aromatic ring is 1. The van der Waals surface area contributed by atoms with E-state index in [1.807, 2.05) is 39.0 Å². The molecule has 4 nitrogen and oxygen atoms in total. The molecule has 4 heteroatoms. The highest BCUT2D eigenvalue weighted by atomic mass is 16.5. The van der Waals surface area contributed by atoms with Crippen LogP contribution in [0, 0.1) is 20.8 Å². The highest BCUT2D eigenvalue weighted by molar-refractivity contribution is 5.55. The Kier molecular flexibility index (Phi) is 2.95. The van der Waals surface area contributed by atoms with Crippen LogP contribution >= 0.6 is 0 Å². The Morgan fingerprint density at radius 2 is 1.88 bits per heavy atom. The van der Waals surface area contributed by atoms with Crippen molar-refractivity contribution >= 4 is 5.69 Å². The number of rotatable bonds is 2. The number of hydrogen-bond donors (Lipinski definition) is 1. The second-order valence-electron chi connectivity index (χ2n) is 4.02. The minimum absolute atomic E-state index is 0.462. The summed E-state index contributed by atoms with van der Waals surface area (Å²) in [6, 6.07) is 5.64. The zero-order valence-electron chi connectivity index (χ0n) is 10.2. The maximum Gasteiger partial charge on any atom is 0.238 e. The molecule has 88 valence electrons. The average molecular weight is 229 g/mol. The molecule has 2 rings (SSSR count). The summed E-state index contributed by atoms with van der Waals surface area (Å²) in [5.74, 6) is 1.07. The van der Waals surface area contributed by atoms with Crippen LogP contribution in [-0.4, -0.2) is 9.97 Å². The number of aryl methyl sites for hydroxylation is 3. The van der Waals surface area contributed by atoms with Crippen LogP contribution in [0.5, 0.6) is 11.6 Å². The smallest absolute Gasteiger partial charge is 0.238 e. The fourth-order valence-corrected chi connectivity index (χ4v) is 1.44. The van der Waals surface area contributed by atoms with E-state index in [9.17, 15) is 0 Å². The number of hydrogen-bond acceptors (Lipinski definition) is 4. The van der Waals surface area contributed by atoms with Crippen LogP contribution in [0.25, 0.3) is 0 Å². The molecular weight excluding hydrogens is 214 g/mol. The van der Waals surface area contributed by atoms with Gasteiger partial charge < -0.3 is 10.5 Å². The molecule has 0 aliphatic heterocycles. The third kappa shape index (κ3) is 2.53. The van der Waals surface area contributed by atoms with E-state index in [0.29, 0.717) is 17.3 Å². The summed E-state index contributed by atoms with van der Waals surface area (Å²) in [7, 11) is 0. The van der Waals surface area contributed by atoms with Crippen molar-refractivity contribution in [1.29, 1.82) is 0 Å². The zero-order valence-corrected chi connectivity index (χ0v) is 10.2. The summed E-state index contributed by atoms with van der Waals surface area (Å²) >= 11 is 0. The number of benzene rings is 1. The van der Waals surface area contributed by atoms with Gasteiger partial charge in [0.15, 0.2) is 5.75 Å². The predicted molar refractivity (Wildman–Crippen MR) is 67.2 cm³/mol. The molecule has 1 aromatic heterocycles. The number of aromatic nitrogens is 2. The number of ether oxygens (including phenoxy) is 1. The predicted octanol–water partition coefficient (Wildman–Crippen LogP) is 2.78. The van der Waals surface area contributed by atoms with Crippen molar-refractivity contribution in [1.82, 2.24) is 9.97 Å². The monoisotopic (exact) mass is 229 g/mol. The van der Waals surface area contributed by atoms with Crippen LogP contribution in [0.3, 0.4) is 0 Å². The average Bonchev–Trinajstić information content (AvgIpc) is 2.27. The maximum atomic E-state index is 5.86. The van der Waals surface area contributed by atoms with Crippen LogP contribution in [0.4, 0.5) is 5.69 Å². The van der Waals surface area contributed by atoms with Crippen LogP contribution in [0.15, 0.2) is 24.4 Å². The van der Waals surface area contributed by atoms with Gasteiger partial charge in [0.2, 0.25) is 5.88 Å². The van der Waals surface area contributed by atoms with Crippen molar-refractivity contribution in [2.75, 3.05) is 5.73 Å². The normalized spacial score (nSPS) is 10.3. The van der Waals surface area contributed by atoms with Crippen molar-refractivity contribution in [3.63, 3.8) is 0 Å². The molecule has 0 amide bonds. The summed E-state index contributed by atoms with van der Waals surface area (Å²) in [5, 5.41) is 0. The molecule has 1 aromatic carbocycles. The standard InChI is InChI=1S/C13H15N3O/c1-8-4-5-12(11(14)6-8)17-13-7-15-9(2)10(3)16-13/h4-7H,14H2,1-3H3. The fraction of sp³-hybridized carbons (Fsp3) is 0.231. The summed E-state index contributed by atoms with van der Waals surface area (Å²) in [6.45, 7) is 5.79. The third-order valence-corrected chi connectivity index (χ3v) is 2.55. The Bertz CT molecular complexity index is 552. The minimum Gasteiger partial charge on any atom is -0.435 e. The Labute approximate surface area is 100 Å². The lowest BCUT2D eigenvalue weighted by Gasteiger charge is -2.08. The molecule has 2 N–H and O–H groups in total.